The van der Waals surface area contributed by atoms with Crippen molar-refractivity contribution >= 4 is 5.97 Å². The van der Waals surface area contributed by atoms with Gasteiger partial charge in [0.15, 0.2) is 0 Å². The Morgan fingerprint density at radius 2 is 1.82 bits per heavy atom. The molecule has 0 aromatic carbocycles. The fourth-order valence-corrected chi connectivity index (χ4v) is 1.52. The van der Waals surface area contributed by atoms with E-state index < -0.39 is 18.9 Å². The second-order valence-corrected chi connectivity index (χ2v) is 4.15. The van der Waals surface area contributed by atoms with E-state index in [2.05, 4.69) is 6.92 Å². The summed E-state index contributed by atoms with van der Waals surface area (Å²) in [6.45, 7) is 4.18. The Labute approximate surface area is 104 Å². The number of rotatable bonds is 11. The third kappa shape index (κ3) is 10.3. The molecule has 4 heteroatoms. The lowest BCUT2D eigenvalue weighted by atomic mass is 10.1. The van der Waals surface area contributed by atoms with Crippen LogP contribution in [-0.2, 0) is 14.3 Å². The molecule has 0 amide bonds. The molecule has 0 bridgehead atoms. The summed E-state index contributed by atoms with van der Waals surface area (Å²) in [6.07, 6.45) is 6.93. The Morgan fingerprint density at radius 3 is 2.41 bits per heavy atom. The molecule has 0 radical (unpaired) electrons. The van der Waals surface area contributed by atoms with Crippen molar-refractivity contribution in [3.05, 3.63) is 0 Å². The topological polar surface area (TPSA) is 55.8 Å². The van der Waals surface area contributed by atoms with Gasteiger partial charge in [0.2, 0.25) is 6.29 Å². The van der Waals surface area contributed by atoms with Gasteiger partial charge in [-0.05, 0) is 12.8 Å². The zero-order valence-corrected chi connectivity index (χ0v) is 11.1. The molecule has 0 aliphatic heterocycles. The lowest BCUT2D eigenvalue weighted by molar-refractivity contribution is -0.183. The molecule has 0 aromatic rings. The molecule has 1 unspecified atom stereocenters. The van der Waals surface area contributed by atoms with Crippen LogP contribution in [0.2, 0.25) is 0 Å². The number of carbonyl (C=O) groups is 1. The van der Waals surface area contributed by atoms with Gasteiger partial charge in [-0.15, -0.1) is 0 Å². The summed E-state index contributed by atoms with van der Waals surface area (Å²) >= 11 is 0. The highest BCUT2D eigenvalue weighted by Crippen LogP contribution is 2.11. The summed E-state index contributed by atoms with van der Waals surface area (Å²) in [4.78, 5) is 11.0. The minimum Gasteiger partial charge on any atom is -0.434 e. The smallest absolute Gasteiger partial charge is 0.334 e. The van der Waals surface area contributed by atoms with Crippen LogP contribution in [0, 0.1) is 0 Å². The number of aliphatic hydroxyl groups excluding tert-OH is 1. The zero-order valence-electron chi connectivity index (χ0n) is 11.1. The quantitative estimate of drug-likeness (QED) is 0.346. The van der Waals surface area contributed by atoms with E-state index in [4.69, 9.17) is 14.6 Å². The van der Waals surface area contributed by atoms with Crippen molar-refractivity contribution in [2.75, 3.05) is 13.2 Å². The van der Waals surface area contributed by atoms with E-state index in [0.29, 0.717) is 6.61 Å². The predicted molar refractivity (Wildman–Crippen MR) is 66.6 cm³/mol. The summed E-state index contributed by atoms with van der Waals surface area (Å²) in [5, 5.41) is 8.62. The van der Waals surface area contributed by atoms with Crippen molar-refractivity contribution in [3.63, 3.8) is 0 Å². The Bertz CT molecular complexity index is 182. The van der Waals surface area contributed by atoms with Gasteiger partial charge in [-0.2, -0.15) is 0 Å². The van der Waals surface area contributed by atoms with Gasteiger partial charge < -0.3 is 14.6 Å². The third-order valence-electron chi connectivity index (χ3n) is 2.44. The summed E-state index contributed by atoms with van der Waals surface area (Å²) in [6, 6.07) is 0. The Hall–Kier alpha value is -0.610. The SMILES string of the molecule is CCCCCCCC(OCCC)OC(=O)CO. The van der Waals surface area contributed by atoms with Crippen LogP contribution in [0.3, 0.4) is 0 Å². The molecule has 102 valence electrons. The monoisotopic (exact) mass is 246 g/mol. The highest BCUT2D eigenvalue weighted by molar-refractivity contribution is 5.70. The molecule has 0 aliphatic carbocycles. The van der Waals surface area contributed by atoms with E-state index >= 15 is 0 Å². The van der Waals surface area contributed by atoms with E-state index in [0.717, 1.165) is 25.7 Å². The van der Waals surface area contributed by atoms with Gasteiger partial charge in [0.1, 0.15) is 6.61 Å². The second-order valence-electron chi connectivity index (χ2n) is 4.15. The van der Waals surface area contributed by atoms with Crippen molar-refractivity contribution < 1.29 is 19.4 Å². The molecule has 1 atom stereocenters. The molecular formula is C13H26O4. The molecule has 0 aromatic heterocycles. The lowest BCUT2D eigenvalue weighted by Gasteiger charge is -2.17. The highest BCUT2D eigenvalue weighted by Gasteiger charge is 2.13. The largest absolute Gasteiger partial charge is 0.434 e. The van der Waals surface area contributed by atoms with Gasteiger partial charge in [-0.25, -0.2) is 4.79 Å². The van der Waals surface area contributed by atoms with E-state index in [-0.39, 0.29) is 0 Å². The predicted octanol–water partition coefficient (Wildman–Crippen LogP) is 2.64. The van der Waals surface area contributed by atoms with Crippen LogP contribution >= 0.6 is 0 Å². The lowest BCUT2D eigenvalue weighted by Crippen LogP contribution is -2.23. The molecule has 0 rings (SSSR count). The average Bonchev–Trinajstić information content (AvgIpc) is 2.35. The number of ether oxygens (including phenoxy) is 2. The first-order valence-corrected chi connectivity index (χ1v) is 6.66. The zero-order chi connectivity index (χ0) is 12.9. The molecule has 0 saturated heterocycles. The number of hydrogen-bond acceptors (Lipinski definition) is 4. The number of esters is 1. The summed E-state index contributed by atoms with van der Waals surface area (Å²) in [5.41, 5.74) is 0. The first-order chi connectivity index (χ1) is 8.24. The summed E-state index contributed by atoms with van der Waals surface area (Å²) in [7, 11) is 0. The maximum absolute atomic E-state index is 11.0. The maximum atomic E-state index is 11.0. The molecule has 0 fully saturated rings. The molecular weight excluding hydrogens is 220 g/mol. The third-order valence-corrected chi connectivity index (χ3v) is 2.44. The molecule has 1 N–H and O–H groups in total. The van der Waals surface area contributed by atoms with Crippen LogP contribution < -0.4 is 0 Å². The van der Waals surface area contributed by atoms with Crippen LogP contribution in [0.25, 0.3) is 0 Å². The number of aliphatic hydroxyl groups is 1. The van der Waals surface area contributed by atoms with E-state index in [9.17, 15) is 4.79 Å². The maximum Gasteiger partial charge on any atom is 0.334 e. The number of hydrogen-bond donors (Lipinski definition) is 1. The molecule has 0 saturated carbocycles. The molecule has 0 aliphatic rings. The number of unbranched alkanes of at least 4 members (excludes halogenated alkanes) is 4. The fraction of sp³-hybridized carbons (Fsp3) is 0.923. The number of carbonyl (C=O) groups excluding carboxylic acids is 1. The van der Waals surface area contributed by atoms with Crippen LogP contribution in [0.1, 0.15) is 58.8 Å². The van der Waals surface area contributed by atoms with Crippen molar-refractivity contribution in [3.8, 4) is 0 Å². The molecule has 0 heterocycles. The summed E-state index contributed by atoms with van der Waals surface area (Å²) < 4.78 is 10.4. The Morgan fingerprint density at radius 1 is 1.12 bits per heavy atom. The Kier molecular flexibility index (Phi) is 11.4. The average molecular weight is 246 g/mol. The van der Waals surface area contributed by atoms with Crippen molar-refractivity contribution in [1.29, 1.82) is 0 Å². The van der Waals surface area contributed by atoms with Gasteiger partial charge in [0, 0.05) is 6.42 Å². The van der Waals surface area contributed by atoms with E-state index in [1.807, 2.05) is 6.92 Å². The minimum absolute atomic E-state index is 0.490. The van der Waals surface area contributed by atoms with Crippen molar-refractivity contribution in [1.82, 2.24) is 0 Å². The Balaban J connectivity index is 3.72. The highest BCUT2D eigenvalue weighted by atomic mass is 16.7. The van der Waals surface area contributed by atoms with Gasteiger partial charge >= 0.3 is 5.97 Å². The standard InChI is InChI=1S/C13H26O4/c1-3-5-6-7-8-9-13(16-10-4-2)17-12(15)11-14/h13-14H,3-11H2,1-2H3. The van der Waals surface area contributed by atoms with Crippen LogP contribution in [0.15, 0.2) is 0 Å². The fourth-order valence-electron chi connectivity index (χ4n) is 1.52. The minimum atomic E-state index is -0.611. The molecule has 4 nitrogen and oxygen atoms in total. The summed E-state index contributed by atoms with van der Waals surface area (Å²) in [5.74, 6) is -0.611. The van der Waals surface area contributed by atoms with Gasteiger partial charge in [-0.1, -0.05) is 39.5 Å². The van der Waals surface area contributed by atoms with Crippen LogP contribution in [0.4, 0.5) is 0 Å². The normalized spacial score (nSPS) is 12.4. The van der Waals surface area contributed by atoms with Gasteiger partial charge in [0.05, 0.1) is 6.61 Å². The second kappa shape index (κ2) is 11.9. The van der Waals surface area contributed by atoms with Crippen molar-refractivity contribution in [2.45, 2.75) is 65.1 Å². The molecule has 17 heavy (non-hydrogen) atoms. The van der Waals surface area contributed by atoms with Crippen LogP contribution in [-0.4, -0.2) is 30.6 Å². The van der Waals surface area contributed by atoms with E-state index in [1.54, 1.807) is 0 Å². The van der Waals surface area contributed by atoms with Crippen LogP contribution in [0.5, 0.6) is 0 Å². The molecule has 0 spiro atoms. The van der Waals surface area contributed by atoms with Crippen molar-refractivity contribution in [2.24, 2.45) is 0 Å². The first kappa shape index (κ1) is 16.4. The van der Waals surface area contributed by atoms with Gasteiger partial charge in [0.25, 0.3) is 0 Å². The van der Waals surface area contributed by atoms with Gasteiger partial charge in [-0.3, -0.25) is 0 Å². The van der Waals surface area contributed by atoms with E-state index in [1.165, 1.54) is 19.3 Å². The first-order valence-electron chi connectivity index (χ1n) is 6.66.